The highest BCUT2D eigenvalue weighted by Crippen LogP contribution is 2.44. The standard InChI is InChI=1S/C40H54N6O7S2/c1-22(2)30-21-54-38(44-30)29-19-32(26-14-15-31(52-6)23(3)34(26)43-29)53-33-20-46(35(24(33)4)36(42)47)39(49)28(41)13-11-9-7-8-10-12-25-18-27(25)37(48)45-55(50,51)40(5)16-17-40/h10,12,14-15,19,21-22,24-25,27-28,33,35H,7-9,11,13,16-18,20,41H2,1-6H3,(H2,42,47)(H,45,48)/b12-10-/t24-,25-,27+,28+,33+,35+/m1/s1. The van der Waals surface area contributed by atoms with Crippen molar-refractivity contribution in [2.45, 2.75) is 115 Å². The number of carbonyl (C=O) groups is 3. The Bertz CT molecular complexity index is 2080. The number of sulfonamides is 1. The second-order valence-electron chi connectivity index (χ2n) is 16.0. The molecule has 1 aliphatic heterocycles. The number of ether oxygens (including phenoxy) is 2. The van der Waals surface area contributed by atoms with Crippen LogP contribution in [0.5, 0.6) is 11.5 Å². The van der Waals surface area contributed by atoms with Gasteiger partial charge in [0, 0.05) is 34.2 Å². The molecule has 3 heterocycles. The second-order valence-corrected chi connectivity index (χ2v) is 19.0. The van der Waals surface area contributed by atoms with Crippen LogP contribution in [0.4, 0.5) is 0 Å². The number of carbonyl (C=O) groups excluding carboxylic acids is 3. The zero-order valence-electron chi connectivity index (χ0n) is 32.5. The van der Waals surface area contributed by atoms with Gasteiger partial charge in [-0.15, -0.1) is 11.3 Å². The fourth-order valence-corrected chi connectivity index (χ4v) is 9.54. The summed E-state index contributed by atoms with van der Waals surface area (Å²) in [5.74, 6) is -0.456. The van der Waals surface area contributed by atoms with Crippen LogP contribution in [0.25, 0.3) is 21.6 Å². The lowest BCUT2D eigenvalue weighted by atomic mass is 9.99. The summed E-state index contributed by atoms with van der Waals surface area (Å²) in [6.07, 6.45) is 9.02. The Kier molecular flexibility index (Phi) is 11.9. The van der Waals surface area contributed by atoms with Crippen LogP contribution in [-0.2, 0) is 24.4 Å². The van der Waals surface area contributed by atoms with Crippen LogP contribution in [0, 0.1) is 24.7 Å². The van der Waals surface area contributed by atoms with Gasteiger partial charge in [-0.05, 0) is 76.3 Å². The lowest BCUT2D eigenvalue weighted by molar-refractivity contribution is -0.139. The number of methoxy groups -OCH3 is 1. The average molecular weight is 795 g/mol. The summed E-state index contributed by atoms with van der Waals surface area (Å²) in [4.78, 5) is 50.2. The molecule has 6 atom stereocenters. The van der Waals surface area contributed by atoms with E-state index >= 15 is 0 Å². The van der Waals surface area contributed by atoms with Crippen LogP contribution in [-0.4, -0.2) is 77.6 Å². The van der Waals surface area contributed by atoms with Gasteiger partial charge in [-0.2, -0.15) is 0 Å². The van der Waals surface area contributed by atoms with Crippen LogP contribution in [0.3, 0.4) is 0 Å². The quantitative estimate of drug-likeness (QED) is 0.118. The first kappa shape index (κ1) is 40.6. The fourth-order valence-electron chi connectivity index (χ4n) is 7.30. The minimum Gasteiger partial charge on any atom is -0.496 e. The number of hydrogen-bond donors (Lipinski definition) is 3. The number of pyridine rings is 1. The van der Waals surface area contributed by atoms with Gasteiger partial charge in [0.1, 0.15) is 34.3 Å². The molecule has 13 nitrogen and oxygen atoms in total. The second kappa shape index (κ2) is 16.2. The molecule has 5 N–H and O–H groups in total. The molecule has 2 aromatic heterocycles. The molecule has 1 aromatic carbocycles. The van der Waals surface area contributed by atoms with Crippen molar-refractivity contribution in [3.63, 3.8) is 0 Å². The largest absolute Gasteiger partial charge is 0.496 e. The first-order valence-electron chi connectivity index (χ1n) is 19.2. The van der Waals surface area contributed by atoms with E-state index in [-0.39, 0.29) is 30.2 Å². The number of fused-ring (bicyclic) bond motifs is 1. The number of likely N-dealkylation sites (tertiary alicyclic amines) is 1. The molecule has 2 saturated carbocycles. The minimum absolute atomic E-state index is 0.0602. The van der Waals surface area contributed by atoms with Crippen LogP contribution >= 0.6 is 11.3 Å². The Morgan fingerprint density at radius 1 is 1.15 bits per heavy atom. The molecule has 3 aliphatic rings. The Morgan fingerprint density at radius 3 is 2.55 bits per heavy atom. The third kappa shape index (κ3) is 8.68. The van der Waals surface area contributed by atoms with Crippen molar-refractivity contribution in [2.24, 2.45) is 29.2 Å². The molecule has 2 aliphatic carbocycles. The van der Waals surface area contributed by atoms with E-state index in [1.807, 2.05) is 49.6 Å². The SMILES string of the molecule is COc1ccc2c(O[C@H]3CN(C(=O)[C@@H](N)CCCCC/C=C\[C@@H]4C[C@@H]4C(=O)NS(=O)(=O)C4(C)CC4)[C@H](C(N)=O)[C@@H]3C)cc(-c3nc(C(C)C)cs3)nc2c1C. The van der Waals surface area contributed by atoms with Crippen molar-refractivity contribution in [1.29, 1.82) is 0 Å². The van der Waals surface area contributed by atoms with Crippen LogP contribution in [0.2, 0.25) is 0 Å². The number of allylic oxidation sites excluding steroid dienone is 2. The third-order valence-electron chi connectivity index (χ3n) is 11.4. The third-order valence-corrected chi connectivity index (χ3v) is 14.5. The van der Waals surface area contributed by atoms with Crippen molar-refractivity contribution in [3.8, 4) is 22.2 Å². The van der Waals surface area contributed by atoms with E-state index in [4.69, 9.17) is 30.9 Å². The number of hydrogen-bond acceptors (Lipinski definition) is 11. The maximum atomic E-state index is 13.7. The van der Waals surface area contributed by atoms with Gasteiger partial charge < -0.3 is 25.8 Å². The van der Waals surface area contributed by atoms with Gasteiger partial charge in [0.25, 0.3) is 0 Å². The van der Waals surface area contributed by atoms with E-state index in [1.165, 1.54) is 16.2 Å². The molecular weight excluding hydrogens is 741 g/mol. The summed E-state index contributed by atoms with van der Waals surface area (Å²) in [5, 5.41) is 3.57. The molecule has 55 heavy (non-hydrogen) atoms. The van der Waals surface area contributed by atoms with E-state index in [0.717, 1.165) is 47.3 Å². The number of unbranched alkanes of at least 4 members (excludes halogenated alkanes) is 3. The number of aryl methyl sites for hydroxylation is 1. The lowest BCUT2D eigenvalue weighted by Crippen LogP contribution is -2.51. The predicted molar refractivity (Wildman–Crippen MR) is 213 cm³/mol. The number of nitrogens with one attached hydrogen (secondary N) is 1. The van der Waals surface area contributed by atoms with Crippen LogP contribution < -0.4 is 25.7 Å². The van der Waals surface area contributed by atoms with E-state index < -0.39 is 50.7 Å². The van der Waals surface area contributed by atoms with Gasteiger partial charge in [0.05, 0.1) is 35.7 Å². The first-order chi connectivity index (χ1) is 26.0. The number of aromatic nitrogens is 2. The summed E-state index contributed by atoms with van der Waals surface area (Å²) in [5.41, 5.74) is 15.5. The summed E-state index contributed by atoms with van der Waals surface area (Å²) >= 11 is 1.52. The summed E-state index contributed by atoms with van der Waals surface area (Å²) in [6.45, 7) is 9.82. The molecule has 3 amide bonds. The lowest BCUT2D eigenvalue weighted by Gasteiger charge is -2.26. The van der Waals surface area contributed by atoms with E-state index in [2.05, 4.69) is 18.6 Å². The van der Waals surface area contributed by atoms with Gasteiger partial charge in [0.2, 0.25) is 27.7 Å². The number of primary amides is 1. The van der Waals surface area contributed by atoms with Gasteiger partial charge in [-0.1, -0.05) is 45.8 Å². The fraction of sp³-hybridized carbons (Fsp3) is 0.575. The Morgan fingerprint density at radius 2 is 1.89 bits per heavy atom. The highest BCUT2D eigenvalue weighted by Gasteiger charge is 2.53. The molecule has 3 fully saturated rings. The number of rotatable bonds is 17. The molecular formula is C40H54N6O7S2. The number of nitrogens with zero attached hydrogens (tertiary/aromatic N) is 3. The predicted octanol–water partition coefficient (Wildman–Crippen LogP) is 5.35. The first-order valence-corrected chi connectivity index (χ1v) is 21.6. The van der Waals surface area contributed by atoms with E-state index in [0.29, 0.717) is 48.4 Å². The van der Waals surface area contributed by atoms with Crippen molar-refractivity contribution in [1.82, 2.24) is 19.6 Å². The number of nitrogens with two attached hydrogens (primary N) is 2. The maximum Gasteiger partial charge on any atom is 0.240 e. The van der Waals surface area contributed by atoms with Crippen LogP contribution in [0.15, 0.2) is 35.7 Å². The Balaban J connectivity index is 1.04. The summed E-state index contributed by atoms with van der Waals surface area (Å²) in [6, 6.07) is 3.98. The van der Waals surface area contributed by atoms with E-state index in [9.17, 15) is 22.8 Å². The van der Waals surface area contributed by atoms with Crippen LogP contribution in [0.1, 0.15) is 96.2 Å². The van der Waals surface area contributed by atoms with E-state index in [1.54, 1.807) is 14.0 Å². The normalized spacial score (nSPS) is 23.6. The molecule has 1 saturated heterocycles. The zero-order chi connectivity index (χ0) is 39.8. The Labute approximate surface area is 327 Å². The molecule has 0 unspecified atom stereocenters. The molecule has 6 rings (SSSR count). The summed E-state index contributed by atoms with van der Waals surface area (Å²) < 4.78 is 38.5. The van der Waals surface area contributed by atoms with Gasteiger partial charge in [-0.25, -0.2) is 18.4 Å². The zero-order valence-corrected chi connectivity index (χ0v) is 34.2. The molecule has 298 valence electrons. The minimum atomic E-state index is -3.61. The highest BCUT2D eigenvalue weighted by molar-refractivity contribution is 7.91. The topological polar surface area (TPSA) is 197 Å². The highest BCUT2D eigenvalue weighted by atomic mass is 32.2. The van der Waals surface area contributed by atoms with Crippen molar-refractivity contribution in [2.75, 3.05) is 13.7 Å². The number of amides is 3. The number of benzene rings is 1. The molecule has 0 bridgehead atoms. The van der Waals surface area contributed by atoms with Gasteiger partial charge in [0.15, 0.2) is 0 Å². The van der Waals surface area contributed by atoms with Crippen molar-refractivity contribution in [3.05, 3.63) is 47.0 Å². The monoisotopic (exact) mass is 794 g/mol. The van der Waals surface area contributed by atoms with Gasteiger partial charge in [-0.3, -0.25) is 19.1 Å². The Hall–Kier alpha value is -4.08. The number of thiazole rings is 1. The summed E-state index contributed by atoms with van der Waals surface area (Å²) in [7, 11) is -2.00. The van der Waals surface area contributed by atoms with Gasteiger partial charge >= 0.3 is 0 Å². The maximum absolute atomic E-state index is 13.7. The molecule has 15 heteroatoms. The molecule has 3 aromatic rings. The van der Waals surface area contributed by atoms with Crippen molar-refractivity contribution >= 4 is 50.0 Å². The average Bonchev–Trinajstić information content (AvgIpc) is 4.00. The smallest absolute Gasteiger partial charge is 0.240 e. The molecule has 0 radical (unpaired) electrons. The molecule has 0 spiro atoms. The van der Waals surface area contributed by atoms with Crippen molar-refractivity contribution < 1.29 is 32.3 Å².